The lowest BCUT2D eigenvalue weighted by atomic mass is 9.73. The second-order valence-electron chi connectivity index (χ2n) is 7.74. The fourth-order valence-electron chi connectivity index (χ4n) is 4.59. The summed E-state index contributed by atoms with van der Waals surface area (Å²) in [6, 6.07) is 11.4. The molecule has 4 atom stereocenters. The largest absolute Gasteiger partial charge is 0.493 e. The van der Waals surface area contributed by atoms with Gasteiger partial charge in [0.25, 0.3) is 0 Å². The van der Waals surface area contributed by atoms with Crippen LogP contribution in [-0.2, 0) is 0 Å². The summed E-state index contributed by atoms with van der Waals surface area (Å²) in [7, 11) is 7.54. The highest BCUT2D eigenvalue weighted by Gasteiger charge is 2.41. The Bertz CT molecular complexity index is 879. The fraction of sp³-hybridized carbons (Fsp3) is 0.391. The summed E-state index contributed by atoms with van der Waals surface area (Å²) in [4.78, 5) is 2.24. The number of fused-ring (bicyclic) bond motifs is 3. The number of hydrogen-bond donors (Lipinski definition) is 1. The van der Waals surface area contributed by atoms with E-state index in [0.717, 1.165) is 17.7 Å². The van der Waals surface area contributed by atoms with Crippen molar-refractivity contribution in [3.63, 3.8) is 0 Å². The van der Waals surface area contributed by atoms with Crippen LogP contribution in [-0.4, -0.2) is 45.3 Å². The van der Waals surface area contributed by atoms with Gasteiger partial charge in [-0.1, -0.05) is 24.3 Å². The van der Waals surface area contributed by atoms with Gasteiger partial charge in [-0.15, -0.1) is 0 Å². The Hall–Kier alpha value is -2.37. The number of allylic oxidation sites excluding steroid dienone is 1. The molecule has 28 heavy (non-hydrogen) atoms. The van der Waals surface area contributed by atoms with Crippen molar-refractivity contribution < 1.29 is 13.9 Å². The van der Waals surface area contributed by atoms with Gasteiger partial charge in [0, 0.05) is 18.0 Å². The molecule has 0 saturated carbocycles. The Morgan fingerprint density at radius 3 is 2.25 bits per heavy atom. The summed E-state index contributed by atoms with van der Waals surface area (Å²) in [6.07, 6.45) is 5.52. The quantitative estimate of drug-likeness (QED) is 0.814. The molecule has 0 bridgehead atoms. The smallest absolute Gasteiger partial charge is 0.161 e. The maximum Gasteiger partial charge on any atom is 0.161 e. The van der Waals surface area contributed by atoms with Crippen molar-refractivity contribution in [1.29, 1.82) is 0 Å². The third-order valence-electron chi connectivity index (χ3n) is 5.98. The first-order valence-electron chi connectivity index (χ1n) is 9.64. The molecular formula is C23H27FN2O2. The number of rotatable bonds is 4. The van der Waals surface area contributed by atoms with Crippen LogP contribution >= 0.6 is 0 Å². The van der Waals surface area contributed by atoms with Gasteiger partial charge in [-0.3, -0.25) is 0 Å². The highest BCUT2D eigenvalue weighted by molar-refractivity contribution is 5.54. The second-order valence-corrected chi connectivity index (χ2v) is 7.74. The lowest BCUT2D eigenvalue weighted by molar-refractivity contribution is 0.216. The van der Waals surface area contributed by atoms with Crippen molar-refractivity contribution in [2.75, 3.05) is 28.3 Å². The molecule has 0 amide bonds. The third kappa shape index (κ3) is 3.19. The van der Waals surface area contributed by atoms with Gasteiger partial charge in [0.2, 0.25) is 0 Å². The Balaban J connectivity index is 1.88. The highest BCUT2D eigenvalue weighted by atomic mass is 19.1. The van der Waals surface area contributed by atoms with Crippen LogP contribution in [0.15, 0.2) is 48.6 Å². The zero-order chi connectivity index (χ0) is 19.8. The zero-order valence-corrected chi connectivity index (χ0v) is 16.8. The Kier molecular flexibility index (Phi) is 5.13. The van der Waals surface area contributed by atoms with Gasteiger partial charge in [-0.05, 0) is 61.5 Å². The minimum Gasteiger partial charge on any atom is -0.493 e. The van der Waals surface area contributed by atoms with E-state index in [4.69, 9.17) is 9.47 Å². The van der Waals surface area contributed by atoms with Gasteiger partial charge in [-0.2, -0.15) is 0 Å². The van der Waals surface area contributed by atoms with E-state index in [2.05, 4.69) is 48.6 Å². The number of benzene rings is 2. The van der Waals surface area contributed by atoms with E-state index >= 15 is 0 Å². The molecule has 2 aromatic carbocycles. The average Bonchev–Trinajstić information content (AvgIpc) is 2.72. The van der Waals surface area contributed by atoms with Crippen LogP contribution in [0.2, 0.25) is 0 Å². The van der Waals surface area contributed by atoms with E-state index in [0.29, 0.717) is 11.7 Å². The summed E-state index contributed by atoms with van der Waals surface area (Å²) in [5, 5.41) is 3.86. The number of ether oxygens (including phenoxy) is 2. The van der Waals surface area contributed by atoms with E-state index < -0.39 is 0 Å². The van der Waals surface area contributed by atoms with Gasteiger partial charge in [0.05, 0.1) is 20.3 Å². The monoisotopic (exact) mass is 382 g/mol. The minimum absolute atomic E-state index is 0.0365. The number of methoxy groups -OCH3 is 2. The lowest BCUT2D eigenvalue weighted by Crippen LogP contribution is -2.54. The van der Waals surface area contributed by atoms with Crippen molar-refractivity contribution in [2.45, 2.75) is 30.5 Å². The summed E-state index contributed by atoms with van der Waals surface area (Å²) < 4.78 is 24.7. The number of halogens is 1. The van der Waals surface area contributed by atoms with E-state index in [-0.39, 0.29) is 23.9 Å². The molecule has 2 unspecified atom stereocenters. The van der Waals surface area contributed by atoms with Crippen molar-refractivity contribution in [2.24, 2.45) is 0 Å². The van der Waals surface area contributed by atoms with Crippen LogP contribution in [0.5, 0.6) is 11.5 Å². The van der Waals surface area contributed by atoms with Crippen molar-refractivity contribution in [3.05, 3.63) is 71.1 Å². The molecule has 1 N–H and O–H groups in total. The number of likely N-dealkylation sites (N-methyl/N-ethyl adjacent to an activating group) is 1. The number of nitrogens with one attached hydrogen (secondary N) is 1. The van der Waals surface area contributed by atoms with Gasteiger partial charge in [-0.25, -0.2) is 4.39 Å². The SMILES string of the molecule is COc1cc2c(cc1OC)[C@@H]1CC=C[C@H](N(C)C)C1NC2c1ccc(F)cc1. The first-order chi connectivity index (χ1) is 13.5. The van der Waals surface area contributed by atoms with Crippen molar-refractivity contribution in [3.8, 4) is 11.5 Å². The summed E-state index contributed by atoms with van der Waals surface area (Å²) in [5.74, 6) is 1.57. The van der Waals surface area contributed by atoms with Gasteiger partial charge >= 0.3 is 0 Å². The molecule has 2 aliphatic rings. The first-order valence-corrected chi connectivity index (χ1v) is 9.64. The Labute approximate surface area is 166 Å². The van der Waals surface area contributed by atoms with Gasteiger partial charge < -0.3 is 19.7 Å². The average molecular weight is 382 g/mol. The molecule has 0 radical (unpaired) electrons. The standard InChI is InChI=1S/C23H27FN2O2/c1-26(2)19-7-5-6-16-17-12-20(27-3)21(28-4)13-18(17)22(25-23(16)19)14-8-10-15(24)11-9-14/h5,7-13,16,19,22-23,25H,6H2,1-4H3/t16-,19-,22?,23?/m0/s1. The summed E-state index contributed by atoms with van der Waals surface area (Å²) in [5.41, 5.74) is 3.48. The molecule has 4 rings (SSSR count). The molecule has 1 aliphatic heterocycles. The lowest BCUT2D eigenvalue weighted by Gasteiger charge is -2.46. The third-order valence-corrected chi connectivity index (χ3v) is 5.98. The molecule has 1 heterocycles. The normalized spacial score (nSPS) is 25.9. The van der Waals surface area contributed by atoms with E-state index in [1.54, 1.807) is 14.2 Å². The molecule has 0 fully saturated rings. The van der Waals surface area contributed by atoms with E-state index in [1.165, 1.54) is 23.3 Å². The van der Waals surface area contributed by atoms with Crippen LogP contribution < -0.4 is 14.8 Å². The van der Waals surface area contributed by atoms with Gasteiger partial charge in [0.15, 0.2) is 11.5 Å². The van der Waals surface area contributed by atoms with Crippen molar-refractivity contribution >= 4 is 0 Å². The van der Waals surface area contributed by atoms with Gasteiger partial charge in [0.1, 0.15) is 5.82 Å². The topological polar surface area (TPSA) is 33.7 Å². The molecule has 148 valence electrons. The molecule has 0 spiro atoms. The van der Waals surface area contributed by atoms with Crippen LogP contribution in [0.4, 0.5) is 4.39 Å². The number of nitrogens with zero attached hydrogens (tertiary/aromatic N) is 1. The molecule has 4 nitrogen and oxygen atoms in total. The number of hydrogen-bond acceptors (Lipinski definition) is 4. The Morgan fingerprint density at radius 1 is 1.00 bits per heavy atom. The maximum atomic E-state index is 13.5. The molecule has 1 aliphatic carbocycles. The molecule has 0 aromatic heterocycles. The van der Waals surface area contributed by atoms with Crippen molar-refractivity contribution in [1.82, 2.24) is 10.2 Å². The van der Waals surface area contributed by atoms with E-state index in [1.807, 2.05) is 12.1 Å². The molecule has 0 saturated heterocycles. The molecule has 5 heteroatoms. The summed E-state index contributed by atoms with van der Waals surface area (Å²) in [6.45, 7) is 0. The van der Waals surface area contributed by atoms with Crippen LogP contribution in [0.3, 0.4) is 0 Å². The Morgan fingerprint density at radius 2 is 1.64 bits per heavy atom. The summed E-state index contributed by atoms with van der Waals surface area (Å²) >= 11 is 0. The van der Waals surface area contributed by atoms with Crippen LogP contribution in [0, 0.1) is 5.82 Å². The predicted octanol–water partition coefficient (Wildman–Crippen LogP) is 3.88. The van der Waals surface area contributed by atoms with Crippen LogP contribution in [0.1, 0.15) is 35.1 Å². The predicted molar refractivity (Wildman–Crippen MR) is 109 cm³/mol. The molecule has 2 aromatic rings. The highest BCUT2D eigenvalue weighted by Crippen LogP contribution is 2.46. The van der Waals surface area contributed by atoms with Crippen LogP contribution in [0.25, 0.3) is 0 Å². The maximum absolute atomic E-state index is 13.5. The zero-order valence-electron chi connectivity index (χ0n) is 16.8. The molecular weight excluding hydrogens is 355 g/mol. The fourth-order valence-corrected chi connectivity index (χ4v) is 4.59. The first kappa shape index (κ1) is 19.0. The second kappa shape index (κ2) is 7.57. The van der Waals surface area contributed by atoms with E-state index in [9.17, 15) is 4.39 Å². The minimum atomic E-state index is -0.225.